The molecule has 5 nitrogen and oxygen atoms in total. The van der Waals surface area contributed by atoms with Crippen LogP contribution in [0.5, 0.6) is 0 Å². The fourth-order valence-corrected chi connectivity index (χ4v) is 1.99. The number of hydrogen-bond acceptors (Lipinski definition) is 4. The number of amides is 1. The van der Waals surface area contributed by atoms with Crippen molar-refractivity contribution < 1.29 is 19.4 Å². The summed E-state index contributed by atoms with van der Waals surface area (Å²) in [6.45, 7) is 16.1. The minimum absolute atomic E-state index is 0.0192. The number of carbonyl (C=O) groups is 1. The second-order valence-corrected chi connectivity index (χ2v) is 4.96. The first-order valence-electron chi connectivity index (χ1n) is 9.18. The number of carbonyl (C=O) groups excluding carboxylic acids is 1. The van der Waals surface area contributed by atoms with Crippen LogP contribution in [0.25, 0.3) is 0 Å². The SMILES string of the molecule is CC.CC.Cc1cc(C)c(C)c(C(=O)NCCOCCOCCO)c1. The number of ether oxygens (including phenoxy) is 2. The molecule has 0 spiro atoms. The highest BCUT2D eigenvalue weighted by Gasteiger charge is 2.10. The fourth-order valence-electron chi connectivity index (χ4n) is 1.99. The van der Waals surface area contributed by atoms with Crippen LogP contribution in [0.15, 0.2) is 12.1 Å². The molecule has 0 fully saturated rings. The summed E-state index contributed by atoms with van der Waals surface area (Å²) >= 11 is 0. The van der Waals surface area contributed by atoms with Gasteiger partial charge in [-0.3, -0.25) is 4.79 Å². The van der Waals surface area contributed by atoms with E-state index < -0.39 is 0 Å². The first kappa shape index (κ1) is 25.8. The summed E-state index contributed by atoms with van der Waals surface area (Å²) in [5, 5.41) is 11.4. The molecular formula is C20H37NO4. The molecular weight excluding hydrogens is 318 g/mol. The fraction of sp³-hybridized carbons (Fsp3) is 0.650. The first-order chi connectivity index (χ1) is 12.1. The quantitative estimate of drug-likeness (QED) is 0.666. The molecule has 146 valence electrons. The summed E-state index contributed by atoms with van der Waals surface area (Å²) in [7, 11) is 0. The van der Waals surface area contributed by atoms with Crippen LogP contribution in [-0.4, -0.2) is 50.6 Å². The molecule has 0 heterocycles. The van der Waals surface area contributed by atoms with E-state index in [1.54, 1.807) is 0 Å². The van der Waals surface area contributed by atoms with Gasteiger partial charge in [-0.1, -0.05) is 39.3 Å². The Hall–Kier alpha value is -1.43. The lowest BCUT2D eigenvalue weighted by molar-refractivity contribution is 0.0338. The molecule has 2 N–H and O–H groups in total. The monoisotopic (exact) mass is 355 g/mol. The largest absolute Gasteiger partial charge is 0.394 e. The molecule has 0 radical (unpaired) electrons. The number of aliphatic hydroxyl groups is 1. The Bertz CT molecular complexity index is 461. The van der Waals surface area contributed by atoms with Crippen molar-refractivity contribution >= 4 is 5.91 Å². The standard InChI is InChI=1S/C16H25NO4.2C2H6/c1-12-10-13(2)14(3)15(11-12)16(19)17-4-6-20-8-9-21-7-5-18;2*1-2/h10-11,18H,4-9H2,1-3H3,(H,17,19);2*1-2H3. The number of nitrogens with one attached hydrogen (secondary N) is 1. The van der Waals surface area contributed by atoms with E-state index in [2.05, 4.69) is 11.4 Å². The Morgan fingerprint density at radius 2 is 1.52 bits per heavy atom. The molecule has 0 unspecified atom stereocenters. The third kappa shape index (κ3) is 11.7. The van der Waals surface area contributed by atoms with Crippen molar-refractivity contribution in [3.05, 3.63) is 34.4 Å². The van der Waals surface area contributed by atoms with Crippen LogP contribution in [0.4, 0.5) is 0 Å². The predicted octanol–water partition coefficient (Wildman–Crippen LogP) is 3.42. The molecule has 0 aromatic heterocycles. The number of benzene rings is 1. The van der Waals surface area contributed by atoms with Crippen LogP contribution in [0, 0.1) is 20.8 Å². The second kappa shape index (κ2) is 17.4. The second-order valence-electron chi connectivity index (χ2n) is 4.96. The van der Waals surface area contributed by atoms with E-state index in [9.17, 15) is 4.79 Å². The number of rotatable bonds is 9. The van der Waals surface area contributed by atoms with Gasteiger partial charge in [-0.05, 0) is 38.0 Å². The number of hydrogen-bond donors (Lipinski definition) is 2. The van der Waals surface area contributed by atoms with Crippen LogP contribution < -0.4 is 5.32 Å². The maximum Gasteiger partial charge on any atom is 0.251 e. The number of aliphatic hydroxyl groups excluding tert-OH is 1. The van der Waals surface area contributed by atoms with Gasteiger partial charge in [0, 0.05) is 12.1 Å². The molecule has 1 amide bonds. The van der Waals surface area contributed by atoms with Crippen molar-refractivity contribution in [3.63, 3.8) is 0 Å². The molecule has 0 saturated heterocycles. The predicted molar refractivity (Wildman–Crippen MR) is 104 cm³/mol. The molecule has 1 rings (SSSR count). The van der Waals surface area contributed by atoms with E-state index in [4.69, 9.17) is 14.6 Å². The summed E-state index contributed by atoms with van der Waals surface area (Å²) in [4.78, 5) is 12.1. The molecule has 0 bridgehead atoms. The van der Waals surface area contributed by atoms with Crippen LogP contribution in [0.1, 0.15) is 54.7 Å². The van der Waals surface area contributed by atoms with Gasteiger partial charge in [0.1, 0.15) is 0 Å². The molecule has 25 heavy (non-hydrogen) atoms. The van der Waals surface area contributed by atoms with E-state index in [-0.39, 0.29) is 12.5 Å². The smallest absolute Gasteiger partial charge is 0.251 e. The van der Waals surface area contributed by atoms with Crippen LogP contribution in [0.3, 0.4) is 0 Å². The highest BCUT2D eigenvalue weighted by Crippen LogP contribution is 2.15. The average Bonchev–Trinajstić information content (AvgIpc) is 2.63. The Kier molecular flexibility index (Phi) is 18.0. The molecule has 1 aromatic rings. The van der Waals surface area contributed by atoms with E-state index in [0.717, 1.165) is 22.3 Å². The van der Waals surface area contributed by atoms with Crippen LogP contribution in [0.2, 0.25) is 0 Å². The molecule has 0 atom stereocenters. The van der Waals surface area contributed by atoms with Crippen molar-refractivity contribution in [2.24, 2.45) is 0 Å². The normalized spacial score (nSPS) is 9.44. The van der Waals surface area contributed by atoms with Gasteiger partial charge in [0.25, 0.3) is 5.91 Å². The average molecular weight is 356 g/mol. The van der Waals surface area contributed by atoms with Gasteiger partial charge in [0.2, 0.25) is 0 Å². The maximum absolute atomic E-state index is 12.1. The highest BCUT2D eigenvalue weighted by molar-refractivity contribution is 5.96. The third-order valence-electron chi connectivity index (χ3n) is 3.20. The lowest BCUT2D eigenvalue weighted by Gasteiger charge is -2.11. The summed E-state index contributed by atoms with van der Waals surface area (Å²) in [5.74, 6) is -0.0700. The maximum atomic E-state index is 12.1. The minimum Gasteiger partial charge on any atom is -0.394 e. The minimum atomic E-state index is -0.0700. The van der Waals surface area contributed by atoms with Crippen molar-refractivity contribution in [2.45, 2.75) is 48.5 Å². The molecule has 0 saturated carbocycles. The lowest BCUT2D eigenvalue weighted by atomic mass is 10.00. The topological polar surface area (TPSA) is 67.8 Å². The Labute approximate surface area is 153 Å². The van der Waals surface area contributed by atoms with Crippen LogP contribution in [-0.2, 0) is 9.47 Å². The van der Waals surface area contributed by atoms with E-state index in [1.807, 2.05) is 54.5 Å². The van der Waals surface area contributed by atoms with Gasteiger partial charge < -0.3 is 19.9 Å². The lowest BCUT2D eigenvalue weighted by Crippen LogP contribution is -2.28. The summed E-state index contributed by atoms with van der Waals surface area (Å²) in [6.07, 6.45) is 0. The third-order valence-corrected chi connectivity index (χ3v) is 3.20. The van der Waals surface area contributed by atoms with Gasteiger partial charge in [-0.15, -0.1) is 0 Å². The number of aryl methyl sites for hydroxylation is 2. The molecule has 1 aromatic carbocycles. The molecule has 0 aliphatic carbocycles. The van der Waals surface area contributed by atoms with Gasteiger partial charge in [-0.25, -0.2) is 0 Å². The summed E-state index contributed by atoms with van der Waals surface area (Å²) in [5.41, 5.74) is 3.94. The molecule has 5 heteroatoms. The Balaban J connectivity index is 0. The highest BCUT2D eigenvalue weighted by atomic mass is 16.5. The Morgan fingerprint density at radius 3 is 2.08 bits per heavy atom. The van der Waals surface area contributed by atoms with Crippen molar-refractivity contribution in [1.82, 2.24) is 5.32 Å². The zero-order valence-corrected chi connectivity index (χ0v) is 17.1. The van der Waals surface area contributed by atoms with Gasteiger partial charge >= 0.3 is 0 Å². The van der Waals surface area contributed by atoms with Crippen LogP contribution >= 0.6 is 0 Å². The summed E-state index contributed by atoms with van der Waals surface area (Å²) < 4.78 is 10.4. The zero-order chi connectivity index (χ0) is 19.7. The van der Waals surface area contributed by atoms with E-state index >= 15 is 0 Å². The van der Waals surface area contributed by atoms with Crippen molar-refractivity contribution in [3.8, 4) is 0 Å². The van der Waals surface area contributed by atoms with Crippen molar-refractivity contribution in [2.75, 3.05) is 39.6 Å². The van der Waals surface area contributed by atoms with Gasteiger partial charge in [0.15, 0.2) is 0 Å². The molecule has 0 aliphatic heterocycles. The summed E-state index contributed by atoms with van der Waals surface area (Å²) in [6, 6.07) is 3.98. The van der Waals surface area contributed by atoms with Crippen molar-refractivity contribution in [1.29, 1.82) is 0 Å². The van der Waals surface area contributed by atoms with Gasteiger partial charge in [-0.2, -0.15) is 0 Å². The first-order valence-corrected chi connectivity index (χ1v) is 9.18. The zero-order valence-electron chi connectivity index (χ0n) is 17.1. The molecule has 0 aliphatic rings. The van der Waals surface area contributed by atoms with E-state index in [1.165, 1.54) is 0 Å². The Morgan fingerprint density at radius 1 is 0.960 bits per heavy atom. The van der Waals surface area contributed by atoms with Gasteiger partial charge in [0.05, 0.1) is 33.0 Å². The van der Waals surface area contributed by atoms with E-state index in [0.29, 0.717) is 33.0 Å².